The van der Waals surface area contributed by atoms with Crippen LogP contribution >= 0.6 is 0 Å². The van der Waals surface area contributed by atoms with Crippen molar-refractivity contribution in [3.8, 4) is 0 Å². The van der Waals surface area contributed by atoms with Crippen LogP contribution in [0.3, 0.4) is 0 Å². The first-order chi connectivity index (χ1) is 6.93. The third kappa shape index (κ3) is 8.13. The molecule has 86 valence electrons. The molecule has 0 aromatic carbocycles. The number of rotatable bonds is 6. The zero-order valence-electron chi connectivity index (χ0n) is 10.2. The molecule has 0 saturated carbocycles. The van der Waals surface area contributed by atoms with Crippen molar-refractivity contribution in [1.82, 2.24) is 0 Å². The molecule has 0 spiro atoms. The summed E-state index contributed by atoms with van der Waals surface area (Å²) in [5.74, 6) is -0.164. The number of aliphatic hydroxyl groups excluding tert-OH is 1. The number of Topliss-reactive ketones (excluding diaryl/α,β-unsaturated/α-hetero) is 1. The molecule has 0 aromatic heterocycles. The molecule has 1 N–H and O–H groups in total. The molecule has 0 saturated heterocycles. The molecule has 15 heavy (non-hydrogen) atoms. The smallest absolute Gasteiger partial charge is 0.158 e. The minimum atomic E-state index is -0.830. The van der Waals surface area contributed by atoms with Gasteiger partial charge >= 0.3 is 0 Å². The van der Waals surface area contributed by atoms with Crippen LogP contribution in [0, 0.1) is 0 Å². The molecule has 0 aromatic rings. The fourth-order valence-corrected chi connectivity index (χ4v) is 1.17. The first-order valence-electron chi connectivity index (χ1n) is 5.41. The highest BCUT2D eigenvalue weighted by Crippen LogP contribution is 2.08. The van der Waals surface area contributed by atoms with Crippen LogP contribution in [0.4, 0.5) is 0 Å². The Balaban J connectivity index is 3.89. The lowest BCUT2D eigenvalue weighted by Gasteiger charge is -2.04. The summed E-state index contributed by atoms with van der Waals surface area (Å²) < 4.78 is 0. The third-order valence-electron chi connectivity index (χ3n) is 2.25. The van der Waals surface area contributed by atoms with Crippen LogP contribution in [0.15, 0.2) is 23.3 Å². The highest BCUT2D eigenvalue weighted by atomic mass is 16.3. The van der Waals surface area contributed by atoms with Crippen LogP contribution in [0.2, 0.25) is 0 Å². The van der Waals surface area contributed by atoms with Crippen molar-refractivity contribution in [3.05, 3.63) is 23.3 Å². The van der Waals surface area contributed by atoms with Crippen molar-refractivity contribution in [2.75, 3.05) is 0 Å². The summed E-state index contributed by atoms with van der Waals surface area (Å²) in [6, 6.07) is 0. The SMILES string of the molecule is CC(=O)[C@@H](O)C/C=C(/C)CCC=C(C)C. The first-order valence-corrected chi connectivity index (χ1v) is 5.41. The summed E-state index contributed by atoms with van der Waals surface area (Å²) in [5, 5.41) is 9.28. The molecule has 0 aliphatic carbocycles. The zero-order chi connectivity index (χ0) is 11.8. The van der Waals surface area contributed by atoms with Crippen LogP contribution in [0.25, 0.3) is 0 Å². The molecular formula is C13H22O2. The average molecular weight is 210 g/mol. The van der Waals surface area contributed by atoms with E-state index in [9.17, 15) is 9.90 Å². The van der Waals surface area contributed by atoms with Gasteiger partial charge < -0.3 is 5.11 Å². The van der Waals surface area contributed by atoms with Crippen molar-refractivity contribution in [1.29, 1.82) is 0 Å². The van der Waals surface area contributed by atoms with Gasteiger partial charge in [-0.25, -0.2) is 0 Å². The lowest BCUT2D eigenvalue weighted by atomic mass is 10.1. The summed E-state index contributed by atoms with van der Waals surface area (Å²) in [5.41, 5.74) is 2.55. The molecule has 0 heterocycles. The second-order valence-electron chi connectivity index (χ2n) is 4.23. The van der Waals surface area contributed by atoms with Crippen LogP contribution in [0.5, 0.6) is 0 Å². The van der Waals surface area contributed by atoms with E-state index in [0.29, 0.717) is 6.42 Å². The van der Waals surface area contributed by atoms with E-state index in [1.165, 1.54) is 18.1 Å². The fraction of sp³-hybridized carbons (Fsp3) is 0.615. The van der Waals surface area contributed by atoms with Gasteiger partial charge in [0.2, 0.25) is 0 Å². The Morgan fingerprint density at radius 1 is 1.20 bits per heavy atom. The number of allylic oxidation sites excluding steroid dienone is 3. The number of ketones is 1. The Morgan fingerprint density at radius 2 is 1.80 bits per heavy atom. The van der Waals surface area contributed by atoms with Gasteiger partial charge in [-0.1, -0.05) is 23.3 Å². The maximum absolute atomic E-state index is 10.8. The van der Waals surface area contributed by atoms with Crippen LogP contribution in [0.1, 0.15) is 47.0 Å². The Bertz CT molecular complexity index is 258. The maximum atomic E-state index is 10.8. The maximum Gasteiger partial charge on any atom is 0.158 e. The Hall–Kier alpha value is -0.890. The largest absolute Gasteiger partial charge is 0.385 e. The summed E-state index contributed by atoms with van der Waals surface area (Å²) in [6.45, 7) is 7.61. The second kappa shape index (κ2) is 7.41. The topological polar surface area (TPSA) is 37.3 Å². The van der Waals surface area contributed by atoms with Gasteiger partial charge in [-0.05, 0) is 47.0 Å². The van der Waals surface area contributed by atoms with E-state index < -0.39 is 6.10 Å². The third-order valence-corrected chi connectivity index (χ3v) is 2.25. The number of hydrogen-bond donors (Lipinski definition) is 1. The van der Waals surface area contributed by atoms with Gasteiger partial charge in [0.15, 0.2) is 5.78 Å². The minimum Gasteiger partial charge on any atom is -0.385 e. The van der Waals surface area contributed by atoms with Crippen molar-refractivity contribution in [3.63, 3.8) is 0 Å². The molecule has 0 bridgehead atoms. The van der Waals surface area contributed by atoms with Gasteiger partial charge in [-0.2, -0.15) is 0 Å². The Kier molecular flexibility index (Phi) is 6.97. The quantitative estimate of drug-likeness (QED) is 0.684. The van der Waals surface area contributed by atoms with Crippen LogP contribution in [-0.4, -0.2) is 17.0 Å². The van der Waals surface area contributed by atoms with Gasteiger partial charge in [-0.3, -0.25) is 4.79 Å². The predicted molar refractivity (Wildman–Crippen MR) is 63.7 cm³/mol. The van der Waals surface area contributed by atoms with Gasteiger partial charge in [0.05, 0.1) is 0 Å². The van der Waals surface area contributed by atoms with Crippen molar-refractivity contribution in [2.45, 2.75) is 53.1 Å². The molecule has 0 fully saturated rings. The summed E-state index contributed by atoms with van der Waals surface area (Å²) in [7, 11) is 0. The van der Waals surface area contributed by atoms with Crippen molar-refractivity contribution < 1.29 is 9.90 Å². The van der Waals surface area contributed by atoms with Crippen LogP contribution in [-0.2, 0) is 4.79 Å². The highest BCUT2D eigenvalue weighted by Gasteiger charge is 2.06. The molecular weight excluding hydrogens is 188 g/mol. The lowest BCUT2D eigenvalue weighted by Crippen LogP contribution is -2.15. The number of carbonyl (C=O) groups is 1. The molecule has 0 aliphatic rings. The van der Waals surface area contributed by atoms with Gasteiger partial charge in [-0.15, -0.1) is 0 Å². The van der Waals surface area contributed by atoms with E-state index in [4.69, 9.17) is 0 Å². The van der Waals surface area contributed by atoms with Gasteiger partial charge in [0.25, 0.3) is 0 Å². The van der Waals surface area contributed by atoms with Crippen LogP contribution < -0.4 is 0 Å². The molecule has 0 rings (SSSR count). The summed E-state index contributed by atoms with van der Waals surface area (Å²) in [6.07, 6.45) is 5.78. The van der Waals surface area contributed by atoms with Gasteiger partial charge in [0, 0.05) is 0 Å². The molecule has 0 radical (unpaired) electrons. The first kappa shape index (κ1) is 14.1. The van der Waals surface area contributed by atoms with Crippen molar-refractivity contribution >= 4 is 5.78 Å². The van der Waals surface area contributed by atoms with E-state index in [-0.39, 0.29) is 5.78 Å². The van der Waals surface area contributed by atoms with E-state index >= 15 is 0 Å². The summed E-state index contributed by atoms with van der Waals surface area (Å²) >= 11 is 0. The highest BCUT2D eigenvalue weighted by molar-refractivity contribution is 5.80. The van der Waals surface area contributed by atoms with E-state index in [1.807, 2.05) is 13.0 Å². The standard InChI is InChI=1S/C13H22O2/c1-10(2)6-5-7-11(3)8-9-13(15)12(4)14/h6,8,13,15H,5,7,9H2,1-4H3/b11-8-/t13-/m0/s1. The molecule has 2 nitrogen and oxygen atoms in total. The Labute approximate surface area is 92.7 Å². The van der Waals surface area contributed by atoms with E-state index in [2.05, 4.69) is 19.9 Å². The van der Waals surface area contributed by atoms with E-state index in [0.717, 1.165) is 12.8 Å². The zero-order valence-corrected chi connectivity index (χ0v) is 10.2. The normalized spacial score (nSPS) is 13.5. The summed E-state index contributed by atoms with van der Waals surface area (Å²) in [4.78, 5) is 10.8. The van der Waals surface area contributed by atoms with Gasteiger partial charge in [0.1, 0.15) is 6.10 Å². The second-order valence-corrected chi connectivity index (χ2v) is 4.23. The van der Waals surface area contributed by atoms with Crippen molar-refractivity contribution in [2.24, 2.45) is 0 Å². The van der Waals surface area contributed by atoms with E-state index in [1.54, 1.807) is 0 Å². The number of hydrogen-bond acceptors (Lipinski definition) is 2. The molecule has 2 heteroatoms. The minimum absolute atomic E-state index is 0.164. The number of carbonyl (C=O) groups excluding carboxylic acids is 1. The Morgan fingerprint density at radius 3 is 2.27 bits per heavy atom. The predicted octanol–water partition coefficient (Wildman–Crippen LogP) is 3.02. The fourth-order valence-electron chi connectivity index (χ4n) is 1.17. The molecule has 0 amide bonds. The lowest BCUT2D eigenvalue weighted by molar-refractivity contribution is -0.124. The number of aliphatic hydroxyl groups is 1. The monoisotopic (exact) mass is 210 g/mol. The molecule has 0 aliphatic heterocycles. The molecule has 0 unspecified atom stereocenters. The average Bonchev–Trinajstić information content (AvgIpc) is 2.13. The molecule has 1 atom stereocenters.